The Morgan fingerprint density at radius 2 is 1.50 bits per heavy atom. The number of hydrogen-bond acceptors (Lipinski definition) is 3. The zero-order chi connectivity index (χ0) is 14.4. The zero-order valence-corrected chi connectivity index (χ0v) is 11.1. The summed E-state index contributed by atoms with van der Waals surface area (Å²) in [6.07, 6.45) is 0.516. The van der Waals surface area contributed by atoms with Gasteiger partial charge in [0.1, 0.15) is 0 Å². The first-order valence-corrected chi connectivity index (χ1v) is 6.91. The Kier molecular flexibility index (Phi) is 4.00. The lowest BCUT2D eigenvalue weighted by molar-refractivity contribution is -1.22. The van der Waals surface area contributed by atoms with Crippen LogP contribution in [0.25, 0.3) is 0 Å². The van der Waals surface area contributed by atoms with Gasteiger partial charge in [0.25, 0.3) is 0 Å². The van der Waals surface area contributed by atoms with E-state index < -0.39 is 32.6 Å². The summed E-state index contributed by atoms with van der Waals surface area (Å²) in [5, 5.41) is 0. The Hall–Kier alpha value is -0.410. The van der Waals surface area contributed by atoms with Crippen molar-refractivity contribution in [3.05, 3.63) is 0 Å². The summed E-state index contributed by atoms with van der Waals surface area (Å²) in [6, 6.07) is -1.94. The van der Waals surface area contributed by atoms with Crippen molar-refractivity contribution in [2.24, 2.45) is 5.92 Å². The molecule has 108 valence electrons. The normalized spacial score (nSPS) is 38.7. The van der Waals surface area contributed by atoms with Crippen molar-refractivity contribution < 1.29 is 35.2 Å². The van der Waals surface area contributed by atoms with Crippen molar-refractivity contribution in [1.82, 2.24) is 0 Å². The Labute approximate surface area is 103 Å². The van der Waals surface area contributed by atoms with Crippen LogP contribution in [-0.2, 0) is 14.4 Å². The maximum atomic E-state index is 14.4. The van der Waals surface area contributed by atoms with E-state index in [-0.39, 0.29) is 18.8 Å². The van der Waals surface area contributed by atoms with Crippen LogP contribution in [0.4, 0.5) is 17.7 Å². The third kappa shape index (κ3) is 2.77. The Morgan fingerprint density at radius 1 is 1.11 bits per heavy atom. The largest absolute Gasteiger partial charge is 0.528 e. The van der Waals surface area contributed by atoms with E-state index in [9.17, 15) is 26.1 Å². The SMILES string of the molecule is CC1CC(C)[N+](F)(OS(=O)(=O)C(F)(F)F)C(C)C1. The molecule has 0 spiro atoms. The smallest absolute Gasteiger partial charge is 0.184 e. The lowest BCUT2D eigenvalue weighted by Crippen LogP contribution is -2.58. The third-order valence-electron chi connectivity index (χ3n) is 3.18. The summed E-state index contributed by atoms with van der Waals surface area (Å²) >= 11 is 0. The van der Waals surface area contributed by atoms with Gasteiger partial charge in [0.15, 0.2) is 12.1 Å². The Balaban J connectivity index is 3.01. The highest BCUT2D eigenvalue weighted by Gasteiger charge is 2.59. The molecule has 0 aliphatic carbocycles. The van der Waals surface area contributed by atoms with Crippen LogP contribution in [0.3, 0.4) is 0 Å². The van der Waals surface area contributed by atoms with Gasteiger partial charge in [0.05, 0.1) is 0 Å². The van der Waals surface area contributed by atoms with Crippen molar-refractivity contribution in [3.8, 4) is 0 Å². The molecule has 1 fully saturated rings. The molecule has 0 amide bonds. The summed E-state index contributed by atoms with van der Waals surface area (Å²) in [5.41, 5.74) is -5.62. The van der Waals surface area contributed by atoms with Gasteiger partial charge in [-0.2, -0.15) is 21.6 Å². The monoisotopic (exact) mass is 294 g/mol. The number of hydrogen-bond donors (Lipinski definition) is 0. The molecule has 0 radical (unpaired) electrons. The van der Waals surface area contributed by atoms with Crippen LogP contribution >= 0.6 is 0 Å². The predicted molar refractivity (Wildman–Crippen MR) is 54.8 cm³/mol. The van der Waals surface area contributed by atoms with E-state index in [4.69, 9.17) is 0 Å². The molecule has 18 heavy (non-hydrogen) atoms. The fraction of sp³-hybridized carbons (Fsp3) is 1.00. The molecule has 9 heteroatoms. The Morgan fingerprint density at radius 3 is 1.83 bits per heavy atom. The second kappa shape index (κ2) is 4.61. The average molecular weight is 294 g/mol. The van der Waals surface area contributed by atoms with E-state index in [1.807, 2.05) is 6.92 Å². The van der Waals surface area contributed by atoms with Gasteiger partial charge in [0, 0.05) is 22.2 Å². The molecule has 0 bridgehead atoms. The molecule has 4 nitrogen and oxygen atoms in total. The molecule has 0 saturated carbocycles. The van der Waals surface area contributed by atoms with E-state index >= 15 is 0 Å². The average Bonchev–Trinajstić information content (AvgIpc) is 2.12. The number of quaternary nitrogens is 1. The van der Waals surface area contributed by atoms with E-state index in [0.29, 0.717) is 0 Å². The topological polar surface area (TPSA) is 43.4 Å². The van der Waals surface area contributed by atoms with Crippen molar-refractivity contribution in [2.45, 2.75) is 51.2 Å². The fourth-order valence-corrected chi connectivity index (χ4v) is 3.00. The molecular weight excluding hydrogens is 278 g/mol. The quantitative estimate of drug-likeness (QED) is 0.447. The van der Waals surface area contributed by atoms with E-state index in [0.717, 1.165) is 0 Å². The van der Waals surface area contributed by atoms with Gasteiger partial charge < -0.3 is 0 Å². The molecule has 2 atom stereocenters. The summed E-state index contributed by atoms with van der Waals surface area (Å²) in [5.74, 6) is 0.106. The first-order chi connectivity index (χ1) is 7.90. The number of hydroxylamine groups is 2. The molecule has 0 aromatic rings. The first-order valence-electron chi connectivity index (χ1n) is 5.50. The maximum absolute atomic E-state index is 14.4. The van der Waals surface area contributed by atoms with Crippen LogP contribution in [0.5, 0.6) is 0 Å². The number of piperidine rings is 1. The fourth-order valence-electron chi connectivity index (χ4n) is 2.32. The standard InChI is InChI=1S/C9H16F4NO3S/c1-6-4-7(2)14(13,8(3)5-6)17-18(15,16)9(10,11)12/h6-8H,4-5H2,1-3H3/q+1. The Bertz CT molecular complexity index is 397. The van der Waals surface area contributed by atoms with Crippen LogP contribution in [0.1, 0.15) is 33.6 Å². The van der Waals surface area contributed by atoms with Gasteiger partial charge >= 0.3 is 15.6 Å². The van der Waals surface area contributed by atoms with Crippen molar-refractivity contribution >= 4 is 10.1 Å². The van der Waals surface area contributed by atoms with Gasteiger partial charge in [-0.05, 0) is 24.0 Å². The third-order valence-corrected chi connectivity index (χ3v) is 4.18. The van der Waals surface area contributed by atoms with E-state index in [2.05, 4.69) is 4.28 Å². The highest BCUT2D eigenvalue weighted by molar-refractivity contribution is 7.87. The van der Waals surface area contributed by atoms with Gasteiger partial charge in [-0.15, -0.1) is 0 Å². The molecule has 1 aliphatic rings. The second-order valence-electron chi connectivity index (χ2n) is 4.87. The highest BCUT2D eigenvalue weighted by Crippen LogP contribution is 2.39. The maximum Gasteiger partial charge on any atom is 0.528 e. The van der Waals surface area contributed by atoms with Crippen LogP contribution < -0.4 is 0 Å². The molecule has 0 aromatic heterocycles. The zero-order valence-electron chi connectivity index (χ0n) is 10.2. The number of alkyl halides is 3. The van der Waals surface area contributed by atoms with Gasteiger partial charge in [-0.1, -0.05) is 6.92 Å². The summed E-state index contributed by atoms with van der Waals surface area (Å²) < 4.78 is 76.6. The van der Waals surface area contributed by atoms with Crippen LogP contribution in [0.15, 0.2) is 0 Å². The van der Waals surface area contributed by atoms with Crippen molar-refractivity contribution in [3.63, 3.8) is 0 Å². The van der Waals surface area contributed by atoms with E-state index in [1.165, 1.54) is 13.8 Å². The molecule has 1 saturated heterocycles. The minimum atomic E-state index is -5.94. The lowest BCUT2D eigenvalue weighted by atomic mass is 9.90. The number of halogens is 4. The van der Waals surface area contributed by atoms with Gasteiger partial charge in [0.2, 0.25) is 0 Å². The van der Waals surface area contributed by atoms with Gasteiger partial charge in [-0.25, -0.2) is 0 Å². The van der Waals surface area contributed by atoms with E-state index in [1.54, 1.807) is 0 Å². The summed E-state index contributed by atoms with van der Waals surface area (Å²) in [4.78, 5) is -2.05. The van der Waals surface area contributed by atoms with Crippen molar-refractivity contribution in [1.29, 1.82) is 0 Å². The molecule has 0 N–H and O–H groups in total. The molecular formula is C9H16F4NO3S+. The summed E-state index contributed by atoms with van der Waals surface area (Å²) in [6.45, 7) is 4.49. The predicted octanol–water partition coefficient (Wildman–Crippen LogP) is 2.68. The molecule has 2 unspecified atom stereocenters. The second-order valence-corrected chi connectivity index (χ2v) is 6.39. The molecule has 1 heterocycles. The van der Waals surface area contributed by atoms with Gasteiger partial charge in [-0.3, -0.25) is 0 Å². The summed E-state index contributed by atoms with van der Waals surface area (Å²) in [7, 11) is -5.94. The number of nitrogens with zero attached hydrogens (tertiary/aromatic N) is 1. The lowest BCUT2D eigenvalue weighted by Gasteiger charge is -2.39. The minimum Gasteiger partial charge on any atom is -0.184 e. The molecule has 1 aliphatic heterocycles. The molecule has 0 aromatic carbocycles. The number of rotatable bonds is 2. The van der Waals surface area contributed by atoms with Crippen LogP contribution in [0.2, 0.25) is 0 Å². The van der Waals surface area contributed by atoms with Crippen LogP contribution in [-0.4, -0.2) is 30.9 Å². The van der Waals surface area contributed by atoms with Crippen molar-refractivity contribution in [2.75, 3.05) is 0 Å². The van der Waals surface area contributed by atoms with Crippen LogP contribution in [0, 0.1) is 5.92 Å². The highest BCUT2D eigenvalue weighted by atomic mass is 32.2. The molecule has 1 rings (SSSR count). The minimum absolute atomic E-state index is 0.106. The first kappa shape index (κ1) is 15.6.